The highest BCUT2D eigenvalue weighted by atomic mass is 19.1. The lowest BCUT2D eigenvalue weighted by atomic mass is 10.0. The number of ether oxygens (including phenoxy) is 2. The first-order chi connectivity index (χ1) is 8.19. The van der Waals surface area contributed by atoms with Crippen LogP contribution in [0.1, 0.15) is 23.2 Å². The second kappa shape index (κ2) is 4.84. The molecule has 0 heterocycles. The van der Waals surface area contributed by atoms with E-state index in [1.807, 2.05) is 0 Å². The molecule has 0 spiro atoms. The normalized spacial score (nSPS) is 16.6. The zero-order valence-corrected chi connectivity index (χ0v) is 9.90. The van der Waals surface area contributed by atoms with E-state index >= 15 is 0 Å². The third-order valence-electron chi connectivity index (χ3n) is 3.01. The Bertz CT molecular complexity index is 427. The molecule has 4 heteroatoms. The van der Waals surface area contributed by atoms with E-state index in [-0.39, 0.29) is 23.0 Å². The van der Waals surface area contributed by atoms with E-state index in [0.29, 0.717) is 0 Å². The maximum Gasteiger partial charge on any atom is 0.194 e. The molecular weight excluding hydrogens is 223 g/mol. The predicted molar refractivity (Wildman–Crippen MR) is 60.8 cm³/mol. The number of benzene rings is 1. The minimum absolute atomic E-state index is 0.0445. The monoisotopic (exact) mass is 238 g/mol. The van der Waals surface area contributed by atoms with Gasteiger partial charge in [-0.25, -0.2) is 4.39 Å². The molecule has 0 amide bonds. The number of carbonyl (C=O) groups excluding carboxylic acids is 1. The van der Waals surface area contributed by atoms with Crippen LogP contribution < -0.4 is 4.74 Å². The summed E-state index contributed by atoms with van der Waals surface area (Å²) in [6.45, 7) is 0. The van der Waals surface area contributed by atoms with E-state index in [0.717, 1.165) is 12.8 Å². The Morgan fingerprint density at radius 3 is 2.65 bits per heavy atom. The number of hydrogen-bond acceptors (Lipinski definition) is 3. The number of rotatable bonds is 5. The molecule has 3 nitrogen and oxygen atoms in total. The number of ketones is 1. The van der Waals surface area contributed by atoms with E-state index in [9.17, 15) is 9.18 Å². The van der Waals surface area contributed by atoms with Gasteiger partial charge in [0.25, 0.3) is 0 Å². The Hall–Kier alpha value is -1.42. The quantitative estimate of drug-likeness (QED) is 0.739. The fourth-order valence-electron chi connectivity index (χ4n) is 1.92. The van der Waals surface area contributed by atoms with Crippen molar-refractivity contribution in [3.8, 4) is 5.75 Å². The Morgan fingerprint density at radius 2 is 2.12 bits per heavy atom. The number of carbonyl (C=O) groups is 1. The number of Topliss-reactive ketones (excluding diaryl/α,β-unsaturated/α-hetero) is 1. The van der Waals surface area contributed by atoms with Gasteiger partial charge in [-0.15, -0.1) is 0 Å². The van der Waals surface area contributed by atoms with Crippen molar-refractivity contribution in [2.24, 2.45) is 5.92 Å². The minimum Gasteiger partial charge on any atom is -0.494 e. The van der Waals surface area contributed by atoms with Crippen molar-refractivity contribution in [1.29, 1.82) is 0 Å². The van der Waals surface area contributed by atoms with E-state index in [2.05, 4.69) is 0 Å². The maximum absolute atomic E-state index is 13.9. The first-order valence-corrected chi connectivity index (χ1v) is 5.58. The van der Waals surface area contributed by atoms with Crippen LogP contribution in [0.5, 0.6) is 5.75 Å². The summed E-state index contributed by atoms with van der Waals surface area (Å²) in [6.07, 6.45) is 1.41. The standard InChI is InChI=1S/C13H15FO3/c1-16-10-5-3-4-9(11(10)14)12(15)13(17-2)8-6-7-8/h3-5,8,13H,6-7H2,1-2H3. The summed E-state index contributed by atoms with van der Waals surface area (Å²) < 4.78 is 23.9. The van der Waals surface area contributed by atoms with E-state index in [1.165, 1.54) is 26.4 Å². The highest BCUT2D eigenvalue weighted by Gasteiger charge is 2.37. The van der Waals surface area contributed by atoms with E-state index in [4.69, 9.17) is 9.47 Å². The predicted octanol–water partition coefficient (Wildman–Crippen LogP) is 2.44. The van der Waals surface area contributed by atoms with Gasteiger partial charge in [-0.2, -0.15) is 0 Å². The van der Waals surface area contributed by atoms with Crippen molar-refractivity contribution in [2.75, 3.05) is 14.2 Å². The van der Waals surface area contributed by atoms with Gasteiger partial charge in [0.15, 0.2) is 17.3 Å². The first-order valence-electron chi connectivity index (χ1n) is 5.58. The molecule has 1 aliphatic carbocycles. The fraction of sp³-hybridized carbons (Fsp3) is 0.462. The van der Waals surface area contributed by atoms with Crippen molar-refractivity contribution >= 4 is 5.78 Å². The zero-order chi connectivity index (χ0) is 12.4. The summed E-state index contributed by atoms with van der Waals surface area (Å²) in [5.41, 5.74) is 0.0445. The molecule has 92 valence electrons. The molecule has 17 heavy (non-hydrogen) atoms. The Balaban J connectivity index is 2.29. The van der Waals surface area contributed by atoms with Crippen LogP contribution in [0, 0.1) is 11.7 Å². The third kappa shape index (κ3) is 2.31. The average molecular weight is 238 g/mol. The van der Waals surface area contributed by atoms with Crippen molar-refractivity contribution in [1.82, 2.24) is 0 Å². The maximum atomic E-state index is 13.9. The highest BCUT2D eigenvalue weighted by molar-refractivity contribution is 6.00. The van der Waals surface area contributed by atoms with Gasteiger partial charge < -0.3 is 9.47 Å². The molecular formula is C13H15FO3. The lowest BCUT2D eigenvalue weighted by Gasteiger charge is -2.14. The van der Waals surface area contributed by atoms with Crippen molar-refractivity contribution in [3.63, 3.8) is 0 Å². The molecule has 1 aromatic carbocycles. The molecule has 0 aromatic heterocycles. The summed E-state index contributed by atoms with van der Waals surface area (Å²) in [5, 5.41) is 0. The summed E-state index contributed by atoms with van der Waals surface area (Å²) in [4.78, 5) is 12.1. The zero-order valence-electron chi connectivity index (χ0n) is 9.90. The van der Waals surface area contributed by atoms with Crippen molar-refractivity contribution in [3.05, 3.63) is 29.6 Å². The molecule has 1 aliphatic rings. The summed E-state index contributed by atoms with van der Waals surface area (Å²) in [5.74, 6) is -0.589. The Kier molecular flexibility index (Phi) is 3.43. The average Bonchev–Trinajstić information content (AvgIpc) is 3.14. The highest BCUT2D eigenvalue weighted by Crippen LogP contribution is 2.36. The largest absolute Gasteiger partial charge is 0.494 e. The van der Waals surface area contributed by atoms with Crippen LogP contribution in [0.2, 0.25) is 0 Å². The van der Waals surface area contributed by atoms with Crippen LogP contribution in [0.4, 0.5) is 4.39 Å². The minimum atomic E-state index is -0.609. The second-order valence-corrected chi connectivity index (χ2v) is 4.18. The molecule has 0 N–H and O–H groups in total. The third-order valence-corrected chi connectivity index (χ3v) is 3.01. The molecule has 1 atom stereocenters. The molecule has 0 radical (unpaired) electrons. The number of methoxy groups -OCH3 is 2. The van der Waals surface area contributed by atoms with Gasteiger partial charge in [0.05, 0.1) is 12.7 Å². The van der Waals surface area contributed by atoms with Crippen LogP contribution in [-0.4, -0.2) is 26.1 Å². The van der Waals surface area contributed by atoms with Crippen LogP contribution in [-0.2, 0) is 4.74 Å². The summed E-state index contributed by atoms with van der Waals surface area (Å²) in [7, 11) is 2.86. The van der Waals surface area contributed by atoms with Gasteiger partial charge >= 0.3 is 0 Å². The lowest BCUT2D eigenvalue weighted by Crippen LogP contribution is -2.26. The van der Waals surface area contributed by atoms with E-state index in [1.54, 1.807) is 6.07 Å². The van der Waals surface area contributed by atoms with Gasteiger partial charge in [-0.1, -0.05) is 6.07 Å². The van der Waals surface area contributed by atoms with E-state index < -0.39 is 11.9 Å². The van der Waals surface area contributed by atoms with Gasteiger partial charge in [-0.05, 0) is 30.9 Å². The molecule has 1 unspecified atom stereocenters. The van der Waals surface area contributed by atoms with Gasteiger partial charge in [0.1, 0.15) is 6.10 Å². The molecule has 1 aromatic rings. The molecule has 1 fully saturated rings. The first kappa shape index (κ1) is 12.0. The number of halogens is 1. The van der Waals surface area contributed by atoms with Crippen LogP contribution >= 0.6 is 0 Å². The summed E-state index contributed by atoms with van der Waals surface area (Å²) in [6, 6.07) is 4.56. The Labute approximate surface area is 99.5 Å². The molecule has 0 saturated heterocycles. The van der Waals surface area contributed by atoms with Crippen LogP contribution in [0.15, 0.2) is 18.2 Å². The van der Waals surface area contributed by atoms with Crippen LogP contribution in [0.3, 0.4) is 0 Å². The van der Waals surface area contributed by atoms with Gasteiger partial charge in [-0.3, -0.25) is 4.79 Å². The number of hydrogen-bond donors (Lipinski definition) is 0. The topological polar surface area (TPSA) is 35.5 Å². The van der Waals surface area contributed by atoms with Crippen molar-refractivity contribution < 1.29 is 18.7 Å². The lowest BCUT2D eigenvalue weighted by molar-refractivity contribution is 0.0535. The molecule has 2 rings (SSSR count). The molecule has 1 saturated carbocycles. The summed E-state index contributed by atoms with van der Waals surface area (Å²) >= 11 is 0. The van der Waals surface area contributed by atoms with Gasteiger partial charge in [0, 0.05) is 7.11 Å². The molecule has 0 bridgehead atoms. The van der Waals surface area contributed by atoms with Crippen molar-refractivity contribution in [2.45, 2.75) is 18.9 Å². The SMILES string of the molecule is COc1cccc(C(=O)C(OC)C2CC2)c1F. The second-order valence-electron chi connectivity index (χ2n) is 4.18. The van der Waals surface area contributed by atoms with Crippen LogP contribution in [0.25, 0.3) is 0 Å². The molecule has 0 aliphatic heterocycles. The Morgan fingerprint density at radius 1 is 1.41 bits per heavy atom. The van der Waals surface area contributed by atoms with Gasteiger partial charge in [0.2, 0.25) is 0 Å². The fourth-order valence-corrected chi connectivity index (χ4v) is 1.92. The smallest absolute Gasteiger partial charge is 0.194 e.